The van der Waals surface area contributed by atoms with Crippen molar-refractivity contribution in [2.24, 2.45) is 0 Å². The van der Waals surface area contributed by atoms with Gasteiger partial charge in [-0.25, -0.2) is 13.1 Å². The first-order valence-corrected chi connectivity index (χ1v) is 8.72. The van der Waals surface area contributed by atoms with Crippen molar-refractivity contribution >= 4 is 10.0 Å². The van der Waals surface area contributed by atoms with Gasteiger partial charge in [0.2, 0.25) is 10.0 Å². The summed E-state index contributed by atoms with van der Waals surface area (Å²) in [6, 6.07) is 0. The molecule has 0 amide bonds. The summed E-state index contributed by atoms with van der Waals surface area (Å²) in [5, 5.41) is 2.98. The second-order valence-corrected chi connectivity index (χ2v) is 7.24. The van der Waals surface area contributed by atoms with Gasteiger partial charge in [0.05, 0.1) is 18.5 Å². The zero-order chi connectivity index (χ0) is 13.6. The second-order valence-electron chi connectivity index (χ2n) is 5.20. The molecule has 0 aliphatic carbocycles. The summed E-state index contributed by atoms with van der Waals surface area (Å²) < 4.78 is 32.2. The van der Waals surface area contributed by atoms with Gasteiger partial charge >= 0.3 is 0 Å². The van der Waals surface area contributed by atoms with Crippen LogP contribution < -0.4 is 10.0 Å². The highest BCUT2D eigenvalue weighted by atomic mass is 32.2. The van der Waals surface area contributed by atoms with Crippen molar-refractivity contribution in [3.05, 3.63) is 0 Å². The Morgan fingerprint density at radius 2 is 1.89 bits per heavy atom. The number of hydrogen-bond donors (Lipinski definition) is 2. The maximum absolute atomic E-state index is 12.1. The predicted octanol–water partition coefficient (Wildman–Crippen LogP) is -0.620. The van der Waals surface area contributed by atoms with Crippen LogP contribution in [0.5, 0.6) is 0 Å². The van der Waals surface area contributed by atoms with E-state index in [0.29, 0.717) is 6.54 Å². The summed E-state index contributed by atoms with van der Waals surface area (Å²) in [5.74, 6) is 0. The Bertz CT molecular complexity index is 349. The normalized spacial score (nSPS) is 23.6. The smallest absolute Gasteiger partial charge is 0.214 e. The van der Waals surface area contributed by atoms with Crippen molar-refractivity contribution in [3.8, 4) is 0 Å². The van der Waals surface area contributed by atoms with Gasteiger partial charge in [0.1, 0.15) is 0 Å². The number of ether oxygens (including phenoxy) is 1. The van der Waals surface area contributed by atoms with E-state index in [9.17, 15) is 8.42 Å². The zero-order valence-corrected chi connectivity index (χ0v) is 12.3. The van der Waals surface area contributed by atoms with E-state index >= 15 is 0 Å². The highest BCUT2D eigenvalue weighted by Gasteiger charge is 2.26. The number of piperidine rings is 1. The largest absolute Gasteiger partial charge is 0.379 e. The van der Waals surface area contributed by atoms with Crippen LogP contribution >= 0.6 is 0 Å². The minimum Gasteiger partial charge on any atom is -0.379 e. The van der Waals surface area contributed by atoms with Crippen LogP contribution in [-0.2, 0) is 14.8 Å². The molecule has 2 heterocycles. The third-order valence-corrected chi connectivity index (χ3v) is 5.74. The van der Waals surface area contributed by atoms with Gasteiger partial charge in [0.15, 0.2) is 0 Å². The van der Waals surface area contributed by atoms with Gasteiger partial charge in [-0.15, -0.1) is 0 Å². The average molecular weight is 291 g/mol. The minimum atomic E-state index is -3.12. The van der Waals surface area contributed by atoms with E-state index in [0.717, 1.165) is 65.2 Å². The Labute approximate surface area is 115 Å². The van der Waals surface area contributed by atoms with Crippen LogP contribution in [0.3, 0.4) is 0 Å². The Morgan fingerprint density at radius 3 is 2.58 bits per heavy atom. The van der Waals surface area contributed by atoms with Crippen molar-refractivity contribution in [1.29, 1.82) is 0 Å². The van der Waals surface area contributed by atoms with E-state index in [-0.39, 0.29) is 5.25 Å². The van der Waals surface area contributed by atoms with Crippen LogP contribution in [-0.4, -0.2) is 71.0 Å². The third-order valence-electron chi connectivity index (χ3n) is 3.78. The summed E-state index contributed by atoms with van der Waals surface area (Å²) in [5.41, 5.74) is 0. The van der Waals surface area contributed by atoms with E-state index in [4.69, 9.17) is 4.74 Å². The number of sulfonamides is 1. The highest BCUT2D eigenvalue weighted by Crippen LogP contribution is 2.11. The van der Waals surface area contributed by atoms with Gasteiger partial charge in [-0.1, -0.05) is 0 Å². The molecule has 0 aromatic carbocycles. The molecule has 0 spiro atoms. The van der Waals surface area contributed by atoms with Gasteiger partial charge in [-0.3, -0.25) is 4.90 Å². The van der Waals surface area contributed by atoms with E-state index < -0.39 is 10.0 Å². The van der Waals surface area contributed by atoms with Gasteiger partial charge in [0.25, 0.3) is 0 Å². The van der Waals surface area contributed by atoms with Crippen molar-refractivity contribution in [3.63, 3.8) is 0 Å². The van der Waals surface area contributed by atoms with E-state index in [1.807, 2.05) is 0 Å². The van der Waals surface area contributed by atoms with Gasteiger partial charge in [-0.2, -0.15) is 0 Å². The molecule has 0 saturated carbocycles. The van der Waals surface area contributed by atoms with Crippen LogP contribution in [0.2, 0.25) is 0 Å². The Morgan fingerprint density at radius 1 is 1.21 bits per heavy atom. The fourth-order valence-corrected chi connectivity index (χ4v) is 4.09. The first-order chi connectivity index (χ1) is 9.18. The molecular weight excluding hydrogens is 266 g/mol. The zero-order valence-electron chi connectivity index (χ0n) is 11.4. The molecule has 2 aliphatic heterocycles. The molecule has 2 aliphatic rings. The standard InChI is InChI=1S/C12H25N3O3S/c16-19(17,12-2-5-13-6-3-12)14-4-1-7-15-8-10-18-11-9-15/h12-14H,1-11H2. The quantitative estimate of drug-likeness (QED) is 0.638. The summed E-state index contributed by atoms with van der Waals surface area (Å²) in [6.07, 6.45) is 2.31. The van der Waals surface area contributed by atoms with E-state index in [1.54, 1.807) is 0 Å². The SMILES string of the molecule is O=S(=O)(NCCCN1CCOCC1)C1CCNCC1. The first kappa shape index (κ1) is 15.2. The van der Waals surface area contributed by atoms with E-state index in [1.165, 1.54) is 0 Å². The fourth-order valence-electron chi connectivity index (χ4n) is 2.57. The number of nitrogens with one attached hydrogen (secondary N) is 2. The van der Waals surface area contributed by atoms with E-state index in [2.05, 4.69) is 14.9 Å². The molecule has 7 heteroatoms. The average Bonchev–Trinajstić information content (AvgIpc) is 2.46. The number of rotatable bonds is 6. The second kappa shape index (κ2) is 7.54. The van der Waals surface area contributed by atoms with Crippen LogP contribution in [0.4, 0.5) is 0 Å². The van der Waals surface area contributed by atoms with Gasteiger partial charge in [0, 0.05) is 19.6 Å². The maximum Gasteiger partial charge on any atom is 0.214 e. The molecule has 0 atom stereocenters. The summed E-state index contributed by atoms with van der Waals surface area (Å²) >= 11 is 0. The fraction of sp³-hybridized carbons (Fsp3) is 1.00. The molecule has 0 bridgehead atoms. The molecular formula is C12H25N3O3S. The Hall–Kier alpha value is -0.210. The lowest BCUT2D eigenvalue weighted by Gasteiger charge is -2.27. The van der Waals surface area contributed by atoms with Crippen molar-refractivity contribution in [2.45, 2.75) is 24.5 Å². The monoisotopic (exact) mass is 291 g/mol. The summed E-state index contributed by atoms with van der Waals surface area (Å²) in [7, 11) is -3.12. The summed E-state index contributed by atoms with van der Waals surface area (Å²) in [4.78, 5) is 2.32. The molecule has 2 rings (SSSR count). The molecule has 0 aromatic heterocycles. The van der Waals surface area contributed by atoms with Crippen molar-refractivity contribution in [1.82, 2.24) is 14.9 Å². The van der Waals surface area contributed by atoms with Crippen LogP contribution in [0.25, 0.3) is 0 Å². The molecule has 2 N–H and O–H groups in total. The molecule has 2 fully saturated rings. The minimum absolute atomic E-state index is 0.211. The van der Waals surface area contributed by atoms with Gasteiger partial charge < -0.3 is 10.1 Å². The lowest BCUT2D eigenvalue weighted by atomic mass is 10.2. The van der Waals surface area contributed by atoms with Crippen LogP contribution in [0.15, 0.2) is 0 Å². The molecule has 0 aromatic rings. The molecule has 0 unspecified atom stereocenters. The Kier molecular flexibility index (Phi) is 6.03. The highest BCUT2D eigenvalue weighted by molar-refractivity contribution is 7.90. The number of morpholine rings is 1. The molecule has 0 radical (unpaired) electrons. The summed E-state index contributed by atoms with van der Waals surface area (Å²) in [6.45, 7) is 6.60. The third kappa shape index (κ3) is 5.00. The van der Waals surface area contributed by atoms with Crippen molar-refractivity contribution < 1.29 is 13.2 Å². The Balaban J connectivity index is 1.63. The molecule has 19 heavy (non-hydrogen) atoms. The number of hydrogen-bond acceptors (Lipinski definition) is 5. The number of nitrogens with zero attached hydrogens (tertiary/aromatic N) is 1. The lowest BCUT2D eigenvalue weighted by molar-refractivity contribution is 0.0376. The van der Waals surface area contributed by atoms with Gasteiger partial charge in [-0.05, 0) is 38.9 Å². The molecule has 6 nitrogen and oxygen atoms in total. The predicted molar refractivity (Wildman–Crippen MR) is 74.7 cm³/mol. The van der Waals surface area contributed by atoms with Crippen LogP contribution in [0, 0.1) is 0 Å². The van der Waals surface area contributed by atoms with Crippen molar-refractivity contribution in [2.75, 3.05) is 52.5 Å². The first-order valence-electron chi connectivity index (χ1n) is 7.18. The van der Waals surface area contributed by atoms with Crippen LogP contribution in [0.1, 0.15) is 19.3 Å². The lowest BCUT2D eigenvalue weighted by Crippen LogP contribution is -2.42. The maximum atomic E-state index is 12.1. The molecule has 112 valence electrons. The molecule has 2 saturated heterocycles. The topological polar surface area (TPSA) is 70.7 Å².